The second-order valence-corrected chi connectivity index (χ2v) is 7.40. The van der Waals surface area contributed by atoms with Gasteiger partial charge in [0.25, 0.3) is 5.91 Å². The van der Waals surface area contributed by atoms with Gasteiger partial charge in [0.1, 0.15) is 11.0 Å². The Hall–Kier alpha value is -2.81. The van der Waals surface area contributed by atoms with Gasteiger partial charge in [-0.05, 0) is 25.0 Å². The molecule has 3 N–H and O–H groups in total. The van der Waals surface area contributed by atoms with Crippen molar-refractivity contribution in [3.63, 3.8) is 0 Å². The summed E-state index contributed by atoms with van der Waals surface area (Å²) in [6.45, 7) is 0. The zero-order valence-electron chi connectivity index (χ0n) is 13.8. The van der Waals surface area contributed by atoms with E-state index in [-0.39, 0.29) is 12.3 Å². The Morgan fingerprint density at radius 3 is 2.81 bits per heavy atom. The van der Waals surface area contributed by atoms with Crippen LogP contribution >= 0.6 is 11.3 Å². The van der Waals surface area contributed by atoms with Gasteiger partial charge >= 0.3 is 0 Å². The highest BCUT2D eigenvalue weighted by Crippen LogP contribution is 2.38. The van der Waals surface area contributed by atoms with E-state index < -0.39 is 17.9 Å². The standard InChI is InChI=1S/C17H17N5O3S/c23-13(20-17-22-21-16(26-17)9-4-3-5-9)8-12-15(25)18-11-7-2-1-6-10(11)14(24)19-12/h1-2,6-7,9,12H,3-5,8H2,(H,18,25)(H,19,24)(H,20,22,23)/t12-/m0/s1. The van der Waals surface area contributed by atoms with Gasteiger partial charge in [-0.15, -0.1) is 10.2 Å². The lowest BCUT2D eigenvalue weighted by atomic mass is 9.86. The zero-order valence-corrected chi connectivity index (χ0v) is 14.6. The van der Waals surface area contributed by atoms with Crippen LogP contribution in [-0.4, -0.2) is 34.0 Å². The van der Waals surface area contributed by atoms with Crippen molar-refractivity contribution in [2.45, 2.75) is 37.6 Å². The topological polar surface area (TPSA) is 113 Å². The van der Waals surface area contributed by atoms with Crippen LogP contribution in [0.5, 0.6) is 0 Å². The Labute approximate surface area is 153 Å². The van der Waals surface area contributed by atoms with E-state index in [2.05, 4.69) is 26.1 Å². The normalized spacial score (nSPS) is 19.6. The Kier molecular flexibility index (Phi) is 4.37. The molecule has 9 heteroatoms. The van der Waals surface area contributed by atoms with Crippen molar-refractivity contribution in [3.05, 3.63) is 34.8 Å². The summed E-state index contributed by atoms with van der Waals surface area (Å²) in [4.78, 5) is 36.9. The van der Waals surface area contributed by atoms with E-state index in [0.29, 0.717) is 22.3 Å². The second-order valence-electron chi connectivity index (χ2n) is 6.39. The number of nitrogens with zero attached hydrogens (tertiary/aromatic N) is 2. The Balaban J connectivity index is 1.40. The molecule has 0 unspecified atom stereocenters. The smallest absolute Gasteiger partial charge is 0.254 e. The second kappa shape index (κ2) is 6.83. The van der Waals surface area contributed by atoms with Gasteiger partial charge in [-0.2, -0.15) is 0 Å². The van der Waals surface area contributed by atoms with Crippen molar-refractivity contribution >= 4 is 39.9 Å². The number of anilines is 2. The number of rotatable bonds is 4. The van der Waals surface area contributed by atoms with Gasteiger partial charge in [0.2, 0.25) is 16.9 Å². The number of nitrogens with one attached hydrogen (secondary N) is 3. The summed E-state index contributed by atoms with van der Waals surface area (Å²) < 4.78 is 0. The lowest BCUT2D eigenvalue weighted by Gasteiger charge is -2.21. The third kappa shape index (κ3) is 3.30. The predicted molar refractivity (Wildman–Crippen MR) is 96.1 cm³/mol. The molecule has 1 atom stereocenters. The number of fused-ring (bicyclic) bond motifs is 1. The molecule has 2 heterocycles. The molecular formula is C17H17N5O3S. The molecule has 1 aromatic heterocycles. The minimum Gasteiger partial charge on any atom is -0.340 e. The van der Waals surface area contributed by atoms with Crippen molar-refractivity contribution in [1.82, 2.24) is 15.5 Å². The molecule has 0 bridgehead atoms. The van der Waals surface area contributed by atoms with E-state index in [9.17, 15) is 14.4 Å². The number of aromatic nitrogens is 2. The van der Waals surface area contributed by atoms with Gasteiger partial charge in [-0.1, -0.05) is 29.9 Å². The van der Waals surface area contributed by atoms with Gasteiger partial charge < -0.3 is 16.0 Å². The van der Waals surface area contributed by atoms with Crippen LogP contribution in [0.4, 0.5) is 10.8 Å². The number of para-hydroxylation sites is 1. The first-order valence-corrected chi connectivity index (χ1v) is 9.26. The molecule has 0 saturated heterocycles. The van der Waals surface area contributed by atoms with E-state index in [4.69, 9.17) is 0 Å². The van der Waals surface area contributed by atoms with E-state index >= 15 is 0 Å². The van der Waals surface area contributed by atoms with Crippen LogP contribution < -0.4 is 16.0 Å². The van der Waals surface area contributed by atoms with E-state index in [1.165, 1.54) is 17.8 Å². The molecule has 1 aliphatic heterocycles. The van der Waals surface area contributed by atoms with Crippen molar-refractivity contribution in [3.8, 4) is 0 Å². The molecule has 4 rings (SSSR count). The van der Waals surface area contributed by atoms with Gasteiger partial charge in [0, 0.05) is 5.92 Å². The third-order valence-corrected chi connectivity index (χ3v) is 5.58. The van der Waals surface area contributed by atoms with Gasteiger partial charge in [0.05, 0.1) is 17.7 Å². The number of carbonyl (C=O) groups is 3. The van der Waals surface area contributed by atoms with E-state index in [1.54, 1.807) is 24.3 Å². The molecule has 2 aromatic rings. The number of hydrogen-bond acceptors (Lipinski definition) is 6. The first-order chi connectivity index (χ1) is 12.6. The van der Waals surface area contributed by atoms with E-state index in [1.807, 2.05) is 0 Å². The monoisotopic (exact) mass is 371 g/mol. The third-order valence-electron chi connectivity index (χ3n) is 4.58. The first-order valence-electron chi connectivity index (χ1n) is 8.44. The minimum absolute atomic E-state index is 0.177. The maximum absolute atomic E-state index is 12.3. The lowest BCUT2D eigenvalue weighted by Crippen LogP contribution is -2.43. The van der Waals surface area contributed by atoms with Crippen molar-refractivity contribution < 1.29 is 14.4 Å². The summed E-state index contributed by atoms with van der Waals surface area (Å²) in [5.74, 6) is -0.762. The highest BCUT2D eigenvalue weighted by atomic mass is 32.1. The van der Waals surface area contributed by atoms with Gasteiger partial charge in [-0.3, -0.25) is 14.4 Å². The predicted octanol–water partition coefficient (Wildman–Crippen LogP) is 1.88. The van der Waals surface area contributed by atoms with Crippen LogP contribution in [0.1, 0.15) is 47.0 Å². The number of benzene rings is 1. The molecule has 1 saturated carbocycles. The summed E-state index contributed by atoms with van der Waals surface area (Å²) in [7, 11) is 0. The SMILES string of the molecule is O=C(C[C@@H]1NC(=O)c2ccccc2NC1=O)Nc1nnc(C2CCC2)s1. The number of carbonyl (C=O) groups excluding carboxylic acids is 3. The fourth-order valence-electron chi connectivity index (χ4n) is 2.92. The maximum Gasteiger partial charge on any atom is 0.254 e. The largest absolute Gasteiger partial charge is 0.340 e. The van der Waals surface area contributed by atoms with Gasteiger partial charge in [0.15, 0.2) is 0 Å². The highest BCUT2D eigenvalue weighted by molar-refractivity contribution is 7.15. The summed E-state index contributed by atoms with van der Waals surface area (Å²) >= 11 is 1.36. The number of amides is 3. The fourth-order valence-corrected chi connectivity index (χ4v) is 3.84. The van der Waals surface area contributed by atoms with E-state index in [0.717, 1.165) is 17.8 Å². The maximum atomic E-state index is 12.3. The summed E-state index contributed by atoms with van der Waals surface area (Å²) in [6, 6.07) is 5.77. The average Bonchev–Trinajstić information content (AvgIpc) is 2.95. The first kappa shape index (κ1) is 16.6. The molecule has 1 fully saturated rings. The summed E-state index contributed by atoms with van der Waals surface area (Å²) in [6.07, 6.45) is 3.24. The fraction of sp³-hybridized carbons (Fsp3) is 0.353. The van der Waals surface area contributed by atoms with Crippen LogP contribution in [0.25, 0.3) is 0 Å². The molecule has 0 spiro atoms. The zero-order chi connectivity index (χ0) is 18.1. The molecule has 8 nitrogen and oxygen atoms in total. The molecule has 26 heavy (non-hydrogen) atoms. The van der Waals surface area contributed by atoms with Crippen molar-refractivity contribution in [1.29, 1.82) is 0 Å². The molecular weight excluding hydrogens is 354 g/mol. The van der Waals surface area contributed by atoms with Crippen LogP contribution in [0.3, 0.4) is 0 Å². The molecule has 0 radical (unpaired) electrons. The summed E-state index contributed by atoms with van der Waals surface area (Å²) in [5, 5.41) is 17.4. The van der Waals surface area contributed by atoms with Crippen LogP contribution in [0.2, 0.25) is 0 Å². The van der Waals surface area contributed by atoms with Gasteiger partial charge in [-0.25, -0.2) is 0 Å². The van der Waals surface area contributed by atoms with Crippen LogP contribution in [0, 0.1) is 0 Å². The highest BCUT2D eigenvalue weighted by Gasteiger charge is 2.30. The van der Waals surface area contributed by atoms with Crippen molar-refractivity contribution in [2.24, 2.45) is 0 Å². The van der Waals surface area contributed by atoms with Crippen LogP contribution in [0.15, 0.2) is 24.3 Å². The summed E-state index contributed by atoms with van der Waals surface area (Å²) in [5.41, 5.74) is 0.810. The molecule has 1 aliphatic carbocycles. The average molecular weight is 371 g/mol. The van der Waals surface area contributed by atoms with Crippen LogP contribution in [-0.2, 0) is 9.59 Å². The van der Waals surface area contributed by atoms with Crippen molar-refractivity contribution in [2.75, 3.05) is 10.6 Å². The Bertz CT molecular complexity index is 877. The number of hydrogen-bond donors (Lipinski definition) is 3. The Morgan fingerprint density at radius 1 is 1.23 bits per heavy atom. The molecule has 1 aromatic carbocycles. The molecule has 3 amide bonds. The lowest BCUT2D eigenvalue weighted by molar-refractivity contribution is -0.122. The molecule has 134 valence electrons. The Morgan fingerprint density at radius 2 is 2.04 bits per heavy atom. The quantitative estimate of drug-likeness (QED) is 0.759. The molecule has 2 aliphatic rings. The minimum atomic E-state index is -0.950.